The molecule has 1 N–H and O–H groups in total. The zero-order valence-electron chi connectivity index (χ0n) is 11.9. The van der Waals surface area contributed by atoms with Crippen molar-refractivity contribution in [1.82, 2.24) is 19.7 Å². The minimum atomic E-state index is -0.0900. The van der Waals surface area contributed by atoms with Gasteiger partial charge in [0.25, 0.3) is 0 Å². The van der Waals surface area contributed by atoms with E-state index < -0.39 is 0 Å². The molecule has 0 spiro atoms. The molecule has 0 bridgehead atoms. The molecule has 2 aromatic rings. The molecule has 1 amide bonds. The highest BCUT2D eigenvalue weighted by Gasteiger charge is 2.18. The Labute approximate surface area is 126 Å². The van der Waals surface area contributed by atoms with Gasteiger partial charge in [0.1, 0.15) is 6.33 Å². The molecule has 0 aromatic carbocycles. The van der Waals surface area contributed by atoms with Gasteiger partial charge in [0.15, 0.2) is 10.3 Å². The number of carbonyl (C=O) groups is 1. The molecule has 0 aliphatic rings. The Morgan fingerprint density at radius 2 is 2.25 bits per heavy atom. The van der Waals surface area contributed by atoms with E-state index in [-0.39, 0.29) is 17.1 Å². The Morgan fingerprint density at radius 1 is 1.50 bits per heavy atom. The Balaban J connectivity index is 1.89. The van der Waals surface area contributed by atoms with Crippen molar-refractivity contribution in [2.75, 3.05) is 11.1 Å². The molecule has 0 unspecified atom stereocenters. The Kier molecular flexibility index (Phi) is 4.44. The maximum Gasteiger partial charge on any atom is 0.236 e. The van der Waals surface area contributed by atoms with E-state index in [4.69, 9.17) is 0 Å². The number of rotatable bonds is 4. The van der Waals surface area contributed by atoms with E-state index in [0.29, 0.717) is 5.13 Å². The zero-order chi connectivity index (χ0) is 14.8. The SMILES string of the molecule is Cn1cnnc1SCC(=O)Nc1nc(C(C)(C)C)cs1. The molecule has 0 aliphatic carbocycles. The Hall–Kier alpha value is -1.41. The Morgan fingerprint density at radius 3 is 2.80 bits per heavy atom. The summed E-state index contributed by atoms with van der Waals surface area (Å²) in [6.45, 7) is 6.28. The lowest BCUT2D eigenvalue weighted by Crippen LogP contribution is -2.15. The summed E-state index contributed by atoms with van der Waals surface area (Å²) in [6, 6.07) is 0. The third-order valence-corrected chi connectivity index (χ3v) is 4.31. The molecule has 0 radical (unpaired) electrons. The van der Waals surface area contributed by atoms with Gasteiger partial charge in [0, 0.05) is 17.8 Å². The molecule has 0 aliphatic heterocycles. The third-order valence-electron chi connectivity index (χ3n) is 2.52. The molecule has 6 nitrogen and oxygen atoms in total. The van der Waals surface area contributed by atoms with Crippen LogP contribution < -0.4 is 5.32 Å². The lowest BCUT2D eigenvalue weighted by molar-refractivity contribution is -0.113. The summed E-state index contributed by atoms with van der Waals surface area (Å²) in [7, 11) is 1.84. The van der Waals surface area contributed by atoms with Crippen LogP contribution in [0.5, 0.6) is 0 Å². The standard InChI is InChI=1S/C12H17N5OS2/c1-12(2,3)8-5-19-10(14-8)15-9(18)6-20-11-16-13-7-17(11)4/h5,7H,6H2,1-4H3,(H,14,15,18). The van der Waals surface area contributed by atoms with Crippen LogP contribution in [-0.4, -0.2) is 31.4 Å². The van der Waals surface area contributed by atoms with Crippen LogP contribution in [0.2, 0.25) is 0 Å². The lowest BCUT2D eigenvalue weighted by atomic mass is 9.93. The number of thioether (sulfide) groups is 1. The van der Waals surface area contributed by atoms with Gasteiger partial charge >= 0.3 is 0 Å². The van der Waals surface area contributed by atoms with Crippen molar-refractivity contribution in [3.63, 3.8) is 0 Å². The predicted octanol–water partition coefficient (Wildman–Crippen LogP) is 2.30. The third kappa shape index (κ3) is 3.80. The number of nitrogens with one attached hydrogen (secondary N) is 1. The van der Waals surface area contributed by atoms with Gasteiger partial charge in [-0.2, -0.15) is 0 Å². The Bertz CT molecular complexity index is 599. The number of nitrogens with zero attached hydrogens (tertiary/aromatic N) is 4. The largest absolute Gasteiger partial charge is 0.312 e. The predicted molar refractivity (Wildman–Crippen MR) is 81.2 cm³/mol. The molecule has 20 heavy (non-hydrogen) atoms. The highest BCUT2D eigenvalue weighted by atomic mass is 32.2. The number of hydrogen-bond acceptors (Lipinski definition) is 6. The van der Waals surface area contributed by atoms with Crippen LogP contribution in [-0.2, 0) is 17.3 Å². The average molecular weight is 311 g/mol. The van der Waals surface area contributed by atoms with Gasteiger partial charge < -0.3 is 9.88 Å². The van der Waals surface area contributed by atoms with Gasteiger partial charge in [-0.1, -0.05) is 32.5 Å². The van der Waals surface area contributed by atoms with Gasteiger partial charge in [0.05, 0.1) is 11.4 Å². The number of amides is 1. The molecule has 108 valence electrons. The molecular formula is C12H17N5OS2. The maximum absolute atomic E-state index is 11.9. The van der Waals surface area contributed by atoms with E-state index in [1.807, 2.05) is 12.4 Å². The first kappa shape index (κ1) is 15.0. The first-order valence-corrected chi connectivity index (χ1v) is 7.95. The molecule has 0 fully saturated rings. The van der Waals surface area contributed by atoms with E-state index in [0.717, 1.165) is 10.9 Å². The topological polar surface area (TPSA) is 72.7 Å². The van der Waals surface area contributed by atoms with Crippen LogP contribution in [0.3, 0.4) is 0 Å². The lowest BCUT2D eigenvalue weighted by Gasteiger charge is -2.14. The smallest absolute Gasteiger partial charge is 0.236 e. The van der Waals surface area contributed by atoms with Crippen molar-refractivity contribution in [3.8, 4) is 0 Å². The molecule has 2 rings (SSSR count). The molecule has 2 heterocycles. The minimum Gasteiger partial charge on any atom is -0.312 e. The molecule has 0 atom stereocenters. The second-order valence-corrected chi connectivity index (χ2v) is 7.15. The molecule has 0 saturated carbocycles. The van der Waals surface area contributed by atoms with E-state index in [9.17, 15) is 4.79 Å². The number of thiazole rings is 1. The van der Waals surface area contributed by atoms with Crippen LogP contribution in [0, 0.1) is 0 Å². The summed E-state index contributed by atoms with van der Waals surface area (Å²) in [5.74, 6) is 0.199. The van der Waals surface area contributed by atoms with Gasteiger partial charge in [-0.3, -0.25) is 4.79 Å². The fourth-order valence-electron chi connectivity index (χ4n) is 1.36. The van der Waals surface area contributed by atoms with E-state index in [2.05, 4.69) is 41.3 Å². The van der Waals surface area contributed by atoms with Crippen molar-refractivity contribution in [3.05, 3.63) is 17.4 Å². The first-order valence-electron chi connectivity index (χ1n) is 6.09. The van der Waals surface area contributed by atoms with Crippen molar-refractivity contribution in [2.24, 2.45) is 7.05 Å². The summed E-state index contributed by atoms with van der Waals surface area (Å²) in [5, 5.41) is 13.8. The summed E-state index contributed by atoms with van der Waals surface area (Å²) in [6.07, 6.45) is 1.61. The number of carbonyl (C=O) groups excluding carboxylic acids is 1. The quantitative estimate of drug-likeness (QED) is 0.877. The van der Waals surface area contributed by atoms with Gasteiger partial charge in [-0.15, -0.1) is 21.5 Å². The van der Waals surface area contributed by atoms with Crippen molar-refractivity contribution in [1.29, 1.82) is 0 Å². The highest BCUT2D eigenvalue weighted by Crippen LogP contribution is 2.26. The van der Waals surface area contributed by atoms with Crippen LogP contribution in [0.15, 0.2) is 16.9 Å². The van der Waals surface area contributed by atoms with E-state index in [1.54, 1.807) is 10.9 Å². The van der Waals surface area contributed by atoms with Crippen LogP contribution in [0.25, 0.3) is 0 Å². The zero-order valence-corrected chi connectivity index (χ0v) is 13.5. The molecular weight excluding hydrogens is 294 g/mol. The van der Waals surface area contributed by atoms with Gasteiger partial charge in [0.2, 0.25) is 5.91 Å². The average Bonchev–Trinajstić information content (AvgIpc) is 2.95. The summed E-state index contributed by atoms with van der Waals surface area (Å²) in [5.41, 5.74) is 0.978. The summed E-state index contributed by atoms with van der Waals surface area (Å²) in [4.78, 5) is 16.3. The first-order chi connectivity index (χ1) is 9.36. The second kappa shape index (κ2) is 5.92. The number of aryl methyl sites for hydroxylation is 1. The van der Waals surface area contributed by atoms with Crippen LogP contribution >= 0.6 is 23.1 Å². The summed E-state index contributed by atoms with van der Waals surface area (Å²) >= 11 is 2.79. The van der Waals surface area contributed by atoms with Crippen LogP contribution in [0.1, 0.15) is 26.5 Å². The maximum atomic E-state index is 11.9. The van der Waals surface area contributed by atoms with E-state index >= 15 is 0 Å². The van der Waals surface area contributed by atoms with Gasteiger partial charge in [-0.05, 0) is 0 Å². The van der Waals surface area contributed by atoms with Crippen molar-refractivity contribution < 1.29 is 4.79 Å². The molecule has 0 saturated heterocycles. The number of aromatic nitrogens is 4. The minimum absolute atomic E-state index is 0.00709. The molecule has 8 heteroatoms. The fourth-order valence-corrected chi connectivity index (χ4v) is 3.01. The normalized spacial score (nSPS) is 11.6. The number of hydrogen-bond donors (Lipinski definition) is 1. The second-order valence-electron chi connectivity index (χ2n) is 5.35. The highest BCUT2D eigenvalue weighted by molar-refractivity contribution is 7.99. The van der Waals surface area contributed by atoms with Crippen molar-refractivity contribution in [2.45, 2.75) is 31.3 Å². The van der Waals surface area contributed by atoms with E-state index in [1.165, 1.54) is 23.1 Å². The monoisotopic (exact) mass is 311 g/mol. The number of anilines is 1. The summed E-state index contributed by atoms with van der Waals surface area (Å²) < 4.78 is 1.78. The fraction of sp³-hybridized carbons (Fsp3) is 0.500. The van der Waals surface area contributed by atoms with Crippen molar-refractivity contribution >= 4 is 34.1 Å². The molecule has 2 aromatic heterocycles. The van der Waals surface area contributed by atoms with Crippen LogP contribution in [0.4, 0.5) is 5.13 Å². The van der Waals surface area contributed by atoms with Gasteiger partial charge in [-0.25, -0.2) is 4.98 Å².